The standard InChI is InChI=1S/C15H31NO/c1-5-13-10-12(2)6-7-14(13)16-11-15(3,4)8-9-17/h12-14,16-17H,5-11H2,1-4H3. The SMILES string of the molecule is CCC1CC(C)CCC1NCC(C)(C)CCO. The van der Waals surface area contributed by atoms with Gasteiger partial charge in [0.15, 0.2) is 0 Å². The van der Waals surface area contributed by atoms with E-state index in [4.69, 9.17) is 5.11 Å². The molecule has 17 heavy (non-hydrogen) atoms. The summed E-state index contributed by atoms with van der Waals surface area (Å²) in [4.78, 5) is 0. The van der Waals surface area contributed by atoms with Crippen LogP contribution in [0, 0.1) is 17.3 Å². The van der Waals surface area contributed by atoms with Gasteiger partial charge < -0.3 is 10.4 Å². The number of aliphatic hydroxyl groups excluding tert-OH is 1. The molecule has 0 radical (unpaired) electrons. The van der Waals surface area contributed by atoms with Gasteiger partial charge in [0.1, 0.15) is 0 Å². The Morgan fingerprint density at radius 1 is 1.29 bits per heavy atom. The van der Waals surface area contributed by atoms with Gasteiger partial charge in [0.05, 0.1) is 0 Å². The first-order valence-corrected chi connectivity index (χ1v) is 7.32. The van der Waals surface area contributed by atoms with Crippen LogP contribution in [0.5, 0.6) is 0 Å². The van der Waals surface area contributed by atoms with Crippen LogP contribution in [0.25, 0.3) is 0 Å². The first-order valence-electron chi connectivity index (χ1n) is 7.32. The van der Waals surface area contributed by atoms with Crippen molar-refractivity contribution < 1.29 is 5.11 Å². The Hall–Kier alpha value is -0.0800. The quantitative estimate of drug-likeness (QED) is 0.748. The molecule has 3 atom stereocenters. The highest BCUT2D eigenvalue weighted by molar-refractivity contribution is 4.84. The zero-order chi connectivity index (χ0) is 12.9. The first kappa shape index (κ1) is 15.0. The largest absolute Gasteiger partial charge is 0.396 e. The molecule has 0 saturated heterocycles. The molecule has 0 heterocycles. The smallest absolute Gasteiger partial charge is 0.0436 e. The maximum atomic E-state index is 9.04. The molecule has 0 spiro atoms. The molecule has 0 bridgehead atoms. The van der Waals surface area contributed by atoms with E-state index in [1.165, 1.54) is 25.7 Å². The molecule has 0 aromatic carbocycles. The highest BCUT2D eigenvalue weighted by Gasteiger charge is 2.28. The summed E-state index contributed by atoms with van der Waals surface area (Å²) in [6, 6.07) is 0.703. The molecular formula is C15H31NO. The van der Waals surface area contributed by atoms with E-state index in [-0.39, 0.29) is 5.41 Å². The Labute approximate surface area is 107 Å². The zero-order valence-electron chi connectivity index (χ0n) is 12.1. The van der Waals surface area contributed by atoms with Gasteiger partial charge in [-0.1, -0.05) is 34.1 Å². The van der Waals surface area contributed by atoms with Gasteiger partial charge in [-0.2, -0.15) is 0 Å². The van der Waals surface area contributed by atoms with E-state index in [0.29, 0.717) is 12.6 Å². The molecule has 1 aliphatic carbocycles. The highest BCUT2D eigenvalue weighted by Crippen LogP contribution is 2.31. The number of aliphatic hydroxyl groups is 1. The molecule has 2 nitrogen and oxygen atoms in total. The van der Waals surface area contributed by atoms with E-state index in [9.17, 15) is 0 Å². The van der Waals surface area contributed by atoms with Crippen LogP contribution in [-0.2, 0) is 0 Å². The predicted octanol–water partition coefficient (Wildman–Crippen LogP) is 3.20. The van der Waals surface area contributed by atoms with Gasteiger partial charge in [-0.05, 0) is 42.9 Å². The third kappa shape index (κ3) is 4.97. The van der Waals surface area contributed by atoms with E-state index in [1.54, 1.807) is 0 Å². The minimum absolute atomic E-state index is 0.218. The second-order valence-electron chi connectivity index (χ2n) is 6.71. The zero-order valence-corrected chi connectivity index (χ0v) is 12.1. The molecule has 1 rings (SSSR count). The summed E-state index contributed by atoms with van der Waals surface area (Å²) >= 11 is 0. The molecule has 2 N–H and O–H groups in total. The minimum Gasteiger partial charge on any atom is -0.396 e. The lowest BCUT2D eigenvalue weighted by Crippen LogP contribution is -2.44. The van der Waals surface area contributed by atoms with Crippen LogP contribution in [0.1, 0.15) is 59.8 Å². The fraction of sp³-hybridized carbons (Fsp3) is 1.00. The van der Waals surface area contributed by atoms with Crippen molar-refractivity contribution in [1.29, 1.82) is 0 Å². The van der Waals surface area contributed by atoms with Gasteiger partial charge in [0.2, 0.25) is 0 Å². The van der Waals surface area contributed by atoms with Gasteiger partial charge in [0.25, 0.3) is 0 Å². The van der Waals surface area contributed by atoms with Crippen LogP contribution in [-0.4, -0.2) is 24.3 Å². The predicted molar refractivity (Wildman–Crippen MR) is 74.1 cm³/mol. The molecule has 102 valence electrons. The van der Waals surface area contributed by atoms with Crippen LogP contribution < -0.4 is 5.32 Å². The van der Waals surface area contributed by atoms with Crippen LogP contribution in [0.15, 0.2) is 0 Å². The van der Waals surface area contributed by atoms with Crippen molar-refractivity contribution >= 4 is 0 Å². The summed E-state index contributed by atoms with van der Waals surface area (Å²) in [5.74, 6) is 1.76. The fourth-order valence-corrected chi connectivity index (χ4v) is 3.02. The molecule has 0 aromatic rings. The summed E-state index contributed by atoms with van der Waals surface area (Å²) in [6.45, 7) is 10.5. The van der Waals surface area contributed by atoms with Crippen LogP contribution in [0.3, 0.4) is 0 Å². The molecule has 1 aliphatic rings. The van der Waals surface area contributed by atoms with Gasteiger partial charge >= 0.3 is 0 Å². The van der Waals surface area contributed by atoms with E-state index >= 15 is 0 Å². The van der Waals surface area contributed by atoms with Crippen molar-refractivity contribution in [2.24, 2.45) is 17.3 Å². The van der Waals surface area contributed by atoms with E-state index < -0.39 is 0 Å². The maximum absolute atomic E-state index is 9.04. The first-order chi connectivity index (χ1) is 7.98. The third-order valence-corrected chi connectivity index (χ3v) is 4.40. The van der Waals surface area contributed by atoms with Crippen molar-refractivity contribution in [1.82, 2.24) is 5.32 Å². The Kier molecular flexibility index (Phi) is 5.94. The van der Waals surface area contributed by atoms with Crippen LogP contribution >= 0.6 is 0 Å². The second kappa shape index (κ2) is 6.75. The lowest BCUT2D eigenvalue weighted by molar-refractivity contribution is 0.167. The van der Waals surface area contributed by atoms with Gasteiger partial charge in [-0.25, -0.2) is 0 Å². The summed E-state index contributed by atoms with van der Waals surface area (Å²) in [7, 11) is 0. The van der Waals surface area contributed by atoms with Crippen molar-refractivity contribution in [3.63, 3.8) is 0 Å². The summed E-state index contributed by atoms with van der Waals surface area (Å²) in [6.07, 6.45) is 6.26. The Balaban J connectivity index is 2.39. The minimum atomic E-state index is 0.218. The summed E-state index contributed by atoms with van der Waals surface area (Å²) in [5, 5.41) is 12.8. The second-order valence-corrected chi connectivity index (χ2v) is 6.71. The third-order valence-electron chi connectivity index (χ3n) is 4.40. The van der Waals surface area contributed by atoms with E-state index in [1.807, 2.05) is 0 Å². The monoisotopic (exact) mass is 241 g/mol. The normalized spacial score (nSPS) is 30.5. The van der Waals surface area contributed by atoms with Crippen LogP contribution in [0.2, 0.25) is 0 Å². The molecule has 3 unspecified atom stereocenters. The van der Waals surface area contributed by atoms with Gasteiger partial charge in [-0.3, -0.25) is 0 Å². The number of rotatable bonds is 6. The Morgan fingerprint density at radius 3 is 2.59 bits per heavy atom. The molecular weight excluding hydrogens is 210 g/mol. The topological polar surface area (TPSA) is 32.3 Å². The van der Waals surface area contributed by atoms with Crippen molar-refractivity contribution in [2.45, 2.75) is 65.8 Å². The van der Waals surface area contributed by atoms with Crippen LogP contribution in [0.4, 0.5) is 0 Å². The van der Waals surface area contributed by atoms with Crippen molar-refractivity contribution in [3.8, 4) is 0 Å². The Bertz CT molecular complexity index is 215. The van der Waals surface area contributed by atoms with E-state index in [2.05, 4.69) is 33.0 Å². The number of hydrogen-bond acceptors (Lipinski definition) is 2. The molecule has 2 heteroatoms. The van der Waals surface area contributed by atoms with Gasteiger partial charge in [-0.15, -0.1) is 0 Å². The maximum Gasteiger partial charge on any atom is 0.0436 e. The summed E-state index contributed by atoms with van der Waals surface area (Å²) < 4.78 is 0. The molecule has 1 saturated carbocycles. The van der Waals surface area contributed by atoms with Gasteiger partial charge in [0, 0.05) is 19.2 Å². The van der Waals surface area contributed by atoms with Crippen molar-refractivity contribution in [2.75, 3.05) is 13.2 Å². The van der Waals surface area contributed by atoms with E-state index in [0.717, 1.165) is 24.8 Å². The Morgan fingerprint density at radius 2 is 2.00 bits per heavy atom. The lowest BCUT2D eigenvalue weighted by Gasteiger charge is -2.37. The number of hydrogen-bond donors (Lipinski definition) is 2. The average molecular weight is 241 g/mol. The molecule has 0 aliphatic heterocycles. The molecule has 0 aromatic heterocycles. The highest BCUT2D eigenvalue weighted by atomic mass is 16.3. The lowest BCUT2D eigenvalue weighted by atomic mass is 9.77. The average Bonchev–Trinajstić information content (AvgIpc) is 2.27. The number of nitrogens with one attached hydrogen (secondary N) is 1. The fourth-order valence-electron chi connectivity index (χ4n) is 3.02. The molecule has 1 fully saturated rings. The molecule has 0 amide bonds. The van der Waals surface area contributed by atoms with Crippen molar-refractivity contribution in [3.05, 3.63) is 0 Å². The summed E-state index contributed by atoms with van der Waals surface area (Å²) in [5.41, 5.74) is 0.218.